The Balaban J connectivity index is 1.31. The average molecular weight is 468 g/mol. The molecule has 7 nitrogen and oxygen atoms in total. The van der Waals surface area contributed by atoms with Gasteiger partial charge in [-0.1, -0.05) is 6.08 Å². The van der Waals surface area contributed by atoms with E-state index < -0.39 is 0 Å². The van der Waals surface area contributed by atoms with E-state index in [-0.39, 0.29) is 17.6 Å². The minimum Gasteiger partial charge on any atom is -0.493 e. The maximum atomic E-state index is 13.3. The van der Waals surface area contributed by atoms with Crippen molar-refractivity contribution < 1.29 is 23.5 Å². The van der Waals surface area contributed by atoms with Crippen molar-refractivity contribution in [2.24, 2.45) is 0 Å². The van der Waals surface area contributed by atoms with Crippen LogP contribution in [0.2, 0.25) is 0 Å². The smallest absolute Gasteiger partial charge is 0.251 e. The zero-order chi connectivity index (χ0) is 24.1. The Bertz CT molecular complexity index is 1080. The molecule has 180 valence electrons. The molecule has 1 N–H and O–H groups in total. The molecule has 2 aromatic rings. The fraction of sp³-hybridized carbons (Fsp3) is 0.385. The Morgan fingerprint density at radius 1 is 1.00 bits per heavy atom. The highest BCUT2D eigenvalue weighted by atomic mass is 19.1. The summed E-state index contributed by atoms with van der Waals surface area (Å²) in [5.41, 5.74) is 3.47. The van der Waals surface area contributed by atoms with Crippen LogP contribution in [0.5, 0.6) is 11.5 Å². The van der Waals surface area contributed by atoms with Gasteiger partial charge in [-0.05, 0) is 60.4 Å². The Labute approximate surface area is 199 Å². The molecule has 0 bridgehead atoms. The summed E-state index contributed by atoms with van der Waals surface area (Å²) in [7, 11) is 3.23. The first-order valence-corrected chi connectivity index (χ1v) is 11.5. The van der Waals surface area contributed by atoms with E-state index in [1.54, 1.807) is 14.2 Å². The number of fused-ring (bicyclic) bond motifs is 1. The largest absolute Gasteiger partial charge is 0.493 e. The van der Waals surface area contributed by atoms with Crippen LogP contribution in [0.25, 0.3) is 0 Å². The predicted octanol–water partition coefficient (Wildman–Crippen LogP) is 2.79. The highest BCUT2D eigenvalue weighted by Gasteiger charge is 2.27. The fourth-order valence-electron chi connectivity index (χ4n) is 4.44. The number of amides is 2. The molecular formula is C26H30FN3O4. The molecule has 34 heavy (non-hydrogen) atoms. The van der Waals surface area contributed by atoms with Crippen LogP contribution >= 0.6 is 0 Å². The summed E-state index contributed by atoms with van der Waals surface area (Å²) in [6.45, 7) is 3.68. The van der Waals surface area contributed by atoms with Gasteiger partial charge in [-0.3, -0.25) is 14.5 Å². The number of nitrogens with one attached hydrogen (secondary N) is 1. The van der Waals surface area contributed by atoms with Crippen LogP contribution in [0.3, 0.4) is 0 Å². The molecule has 0 saturated carbocycles. The Morgan fingerprint density at radius 3 is 2.41 bits per heavy atom. The zero-order valence-corrected chi connectivity index (χ0v) is 19.6. The summed E-state index contributed by atoms with van der Waals surface area (Å²) >= 11 is 0. The van der Waals surface area contributed by atoms with Gasteiger partial charge >= 0.3 is 0 Å². The van der Waals surface area contributed by atoms with E-state index in [1.165, 1.54) is 29.8 Å². The van der Waals surface area contributed by atoms with Gasteiger partial charge in [0.2, 0.25) is 0 Å². The quantitative estimate of drug-likeness (QED) is 0.678. The lowest BCUT2D eigenvalue weighted by Gasteiger charge is -2.33. The van der Waals surface area contributed by atoms with Crippen LogP contribution < -0.4 is 14.8 Å². The first kappa shape index (κ1) is 23.8. The number of carbonyl (C=O) groups excluding carboxylic acids is 2. The van der Waals surface area contributed by atoms with Crippen LogP contribution in [-0.4, -0.2) is 68.6 Å². The number of ether oxygens (including phenoxy) is 2. The van der Waals surface area contributed by atoms with Crippen molar-refractivity contribution in [3.63, 3.8) is 0 Å². The molecule has 0 saturated heterocycles. The molecule has 0 unspecified atom stereocenters. The molecule has 2 aliphatic heterocycles. The summed E-state index contributed by atoms with van der Waals surface area (Å²) in [5.74, 6) is 0.827. The highest BCUT2D eigenvalue weighted by molar-refractivity contribution is 5.94. The monoisotopic (exact) mass is 467 g/mol. The predicted molar refractivity (Wildman–Crippen MR) is 127 cm³/mol. The van der Waals surface area contributed by atoms with Crippen molar-refractivity contribution in [3.05, 3.63) is 70.6 Å². The first-order chi connectivity index (χ1) is 16.5. The number of hydrogen-bond donors (Lipinski definition) is 1. The van der Waals surface area contributed by atoms with E-state index in [2.05, 4.69) is 10.2 Å². The molecule has 2 aliphatic rings. The maximum Gasteiger partial charge on any atom is 0.251 e. The summed E-state index contributed by atoms with van der Waals surface area (Å²) in [6.07, 6.45) is 3.59. The Hall–Kier alpha value is -3.39. The van der Waals surface area contributed by atoms with Gasteiger partial charge in [-0.15, -0.1) is 0 Å². The molecule has 2 amide bonds. The third kappa shape index (κ3) is 5.39. The second-order valence-corrected chi connectivity index (χ2v) is 8.51. The van der Waals surface area contributed by atoms with Crippen molar-refractivity contribution in [2.45, 2.75) is 19.4 Å². The van der Waals surface area contributed by atoms with Crippen molar-refractivity contribution in [3.8, 4) is 11.5 Å². The highest BCUT2D eigenvalue weighted by Crippen LogP contribution is 2.33. The molecule has 0 aliphatic carbocycles. The van der Waals surface area contributed by atoms with Crippen molar-refractivity contribution in [2.75, 3.05) is 46.9 Å². The molecule has 0 spiro atoms. The molecule has 2 aromatic carbocycles. The lowest BCUT2D eigenvalue weighted by Crippen LogP contribution is -2.43. The van der Waals surface area contributed by atoms with E-state index in [0.717, 1.165) is 30.5 Å². The maximum absolute atomic E-state index is 13.3. The number of halogens is 1. The third-order valence-corrected chi connectivity index (χ3v) is 6.33. The summed E-state index contributed by atoms with van der Waals surface area (Å²) in [4.78, 5) is 29.5. The summed E-state index contributed by atoms with van der Waals surface area (Å²) < 4.78 is 23.9. The zero-order valence-electron chi connectivity index (χ0n) is 19.6. The molecule has 0 aromatic heterocycles. The lowest BCUT2D eigenvalue weighted by molar-refractivity contribution is -0.128. The average Bonchev–Trinajstić information content (AvgIpc) is 2.87. The van der Waals surface area contributed by atoms with Gasteiger partial charge < -0.3 is 19.7 Å². The molecular weight excluding hydrogens is 437 g/mol. The van der Waals surface area contributed by atoms with E-state index >= 15 is 0 Å². The van der Waals surface area contributed by atoms with Gasteiger partial charge in [0, 0.05) is 50.4 Å². The molecule has 0 atom stereocenters. The number of hydrogen-bond acceptors (Lipinski definition) is 5. The minimum atomic E-state index is -0.370. The van der Waals surface area contributed by atoms with Crippen molar-refractivity contribution >= 4 is 11.8 Å². The van der Waals surface area contributed by atoms with Crippen LogP contribution in [0.15, 0.2) is 48.0 Å². The molecule has 8 heteroatoms. The lowest BCUT2D eigenvalue weighted by atomic mass is 9.97. The van der Waals surface area contributed by atoms with E-state index in [0.29, 0.717) is 49.8 Å². The van der Waals surface area contributed by atoms with Gasteiger partial charge in [0.05, 0.1) is 14.2 Å². The van der Waals surface area contributed by atoms with E-state index in [4.69, 9.17) is 9.47 Å². The minimum absolute atomic E-state index is 0.0560. The Morgan fingerprint density at radius 2 is 1.71 bits per heavy atom. The van der Waals surface area contributed by atoms with Crippen molar-refractivity contribution in [1.29, 1.82) is 0 Å². The molecule has 2 heterocycles. The number of methoxy groups -OCH3 is 2. The normalized spacial score (nSPS) is 15.9. The third-order valence-electron chi connectivity index (χ3n) is 6.33. The number of carbonyl (C=O) groups is 2. The standard InChI is InChI=1S/C26H30FN3O4/c1-33-23-14-19-9-12-30(17-21(19)15-24(23)34-2)26(32)20-4-3-11-29(16-20)13-10-28-25(31)18-5-7-22(27)8-6-18/h4-8,14-15H,3,9-13,16-17H2,1-2H3,(H,28,31). The van der Waals surface area contributed by atoms with E-state index in [1.807, 2.05) is 23.1 Å². The van der Waals surface area contributed by atoms with Gasteiger partial charge in [-0.2, -0.15) is 0 Å². The van der Waals surface area contributed by atoms with Crippen LogP contribution in [0.4, 0.5) is 4.39 Å². The number of benzene rings is 2. The number of rotatable bonds is 7. The molecule has 4 rings (SSSR count). The van der Waals surface area contributed by atoms with Gasteiger partial charge in [-0.25, -0.2) is 4.39 Å². The SMILES string of the molecule is COc1cc2c(cc1OC)CN(C(=O)C1=CCCN(CCNC(=O)c3ccc(F)cc3)C1)CC2. The van der Waals surface area contributed by atoms with E-state index in [9.17, 15) is 14.0 Å². The summed E-state index contributed by atoms with van der Waals surface area (Å²) in [6, 6.07) is 9.43. The van der Waals surface area contributed by atoms with Crippen LogP contribution in [0.1, 0.15) is 27.9 Å². The molecule has 0 radical (unpaired) electrons. The first-order valence-electron chi connectivity index (χ1n) is 11.5. The second kappa shape index (κ2) is 10.7. The molecule has 0 fully saturated rings. The van der Waals surface area contributed by atoms with Crippen LogP contribution in [0, 0.1) is 5.82 Å². The van der Waals surface area contributed by atoms with Crippen molar-refractivity contribution in [1.82, 2.24) is 15.1 Å². The second-order valence-electron chi connectivity index (χ2n) is 8.51. The summed E-state index contributed by atoms with van der Waals surface area (Å²) in [5, 5.41) is 2.86. The topological polar surface area (TPSA) is 71.1 Å². The van der Waals surface area contributed by atoms with Gasteiger partial charge in [0.15, 0.2) is 11.5 Å². The van der Waals surface area contributed by atoms with Gasteiger partial charge in [0.1, 0.15) is 5.82 Å². The van der Waals surface area contributed by atoms with Gasteiger partial charge in [0.25, 0.3) is 11.8 Å². The van der Waals surface area contributed by atoms with Crippen LogP contribution in [-0.2, 0) is 17.8 Å². The number of nitrogens with zero attached hydrogens (tertiary/aromatic N) is 2. The fourth-order valence-corrected chi connectivity index (χ4v) is 4.44. The Kier molecular flexibility index (Phi) is 7.47.